The molecule has 0 atom stereocenters. The lowest BCUT2D eigenvalue weighted by atomic mass is 10.1. The number of aromatic amines is 1. The molecule has 2 aromatic carbocycles. The van der Waals surface area contributed by atoms with E-state index in [1.54, 1.807) is 18.5 Å². The highest BCUT2D eigenvalue weighted by Gasteiger charge is 2.17. The number of para-hydroxylation sites is 1. The van der Waals surface area contributed by atoms with Crippen LogP contribution in [0, 0.1) is 0 Å². The van der Waals surface area contributed by atoms with Gasteiger partial charge in [-0.3, -0.25) is 9.89 Å². The van der Waals surface area contributed by atoms with Gasteiger partial charge in [0, 0.05) is 28.7 Å². The van der Waals surface area contributed by atoms with Gasteiger partial charge in [-0.15, -0.1) is 0 Å². The van der Waals surface area contributed by atoms with Gasteiger partial charge in [0.2, 0.25) is 5.95 Å². The molecule has 4 aromatic rings. The Labute approximate surface area is 191 Å². The number of H-pyrrole nitrogens is 1. The number of nitrogens with zero attached hydrogens (tertiary/aromatic N) is 3. The lowest BCUT2D eigenvalue weighted by molar-refractivity contribution is 0.0945. The molecule has 1 fully saturated rings. The highest BCUT2D eigenvalue weighted by molar-refractivity contribution is 6.07. The second-order valence-corrected chi connectivity index (χ2v) is 8.56. The summed E-state index contributed by atoms with van der Waals surface area (Å²) < 4.78 is 6.28. The third kappa shape index (κ3) is 4.58. The lowest BCUT2D eigenvalue weighted by Crippen LogP contribution is -2.34. The largest absolute Gasteiger partial charge is 0.488 e. The number of ether oxygens (including phenoxy) is 1. The van der Waals surface area contributed by atoms with E-state index in [9.17, 15) is 4.79 Å². The summed E-state index contributed by atoms with van der Waals surface area (Å²) in [7, 11) is 0. The van der Waals surface area contributed by atoms with Crippen LogP contribution in [-0.2, 0) is 0 Å². The van der Waals surface area contributed by atoms with Crippen LogP contribution in [0.2, 0.25) is 0 Å². The van der Waals surface area contributed by atoms with Crippen LogP contribution in [0.4, 0.5) is 11.6 Å². The fourth-order valence-corrected chi connectivity index (χ4v) is 4.06. The van der Waals surface area contributed by atoms with Crippen LogP contribution in [0.5, 0.6) is 5.75 Å². The van der Waals surface area contributed by atoms with Gasteiger partial charge in [0.25, 0.3) is 5.91 Å². The second kappa shape index (κ2) is 9.03. The summed E-state index contributed by atoms with van der Waals surface area (Å²) in [5, 5.41) is 18.2. The zero-order valence-corrected chi connectivity index (χ0v) is 18.7. The van der Waals surface area contributed by atoms with E-state index in [-0.39, 0.29) is 18.1 Å². The molecule has 0 unspecified atom stereocenters. The first-order valence-electron chi connectivity index (χ1n) is 11.2. The van der Waals surface area contributed by atoms with Gasteiger partial charge in [0.1, 0.15) is 17.4 Å². The lowest BCUT2D eigenvalue weighted by Gasteiger charge is -2.24. The molecule has 0 spiro atoms. The van der Waals surface area contributed by atoms with Crippen molar-refractivity contribution in [1.29, 1.82) is 0 Å². The number of fused-ring (bicyclic) bond motifs is 2. The van der Waals surface area contributed by atoms with Gasteiger partial charge in [-0.05, 0) is 58.0 Å². The predicted octanol–water partition coefficient (Wildman–Crippen LogP) is 3.52. The van der Waals surface area contributed by atoms with Crippen molar-refractivity contribution in [2.45, 2.75) is 38.8 Å². The standard InChI is InChI=1S/C24H27N7O2/c1-14(2)28-23(32)18-10-16(11-20-19(18)13-27-31-20)29-24-26-12-15-4-3-5-21(22(15)30-24)33-17-6-8-25-9-7-17/h3-5,10-14,17,25H,6-9H2,1-2H3,(H,27,31)(H,28,32)(H,26,29,30). The fourth-order valence-electron chi connectivity index (χ4n) is 4.06. The predicted molar refractivity (Wildman–Crippen MR) is 128 cm³/mol. The number of nitrogens with one attached hydrogen (secondary N) is 4. The number of rotatable bonds is 6. The van der Waals surface area contributed by atoms with Crippen molar-refractivity contribution in [1.82, 2.24) is 30.8 Å². The van der Waals surface area contributed by atoms with Gasteiger partial charge in [0.05, 0.1) is 17.3 Å². The van der Waals surface area contributed by atoms with Gasteiger partial charge in [-0.25, -0.2) is 9.97 Å². The highest BCUT2D eigenvalue weighted by atomic mass is 16.5. The number of hydrogen-bond acceptors (Lipinski definition) is 7. The van der Waals surface area contributed by atoms with E-state index < -0.39 is 0 Å². The smallest absolute Gasteiger partial charge is 0.252 e. The number of amides is 1. The first kappa shape index (κ1) is 21.1. The van der Waals surface area contributed by atoms with Gasteiger partial charge < -0.3 is 20.7 Å². The Morgan fingerprint density at radius 1 is 1.18 bits per heavy atom. The van der Waals surface area contributed by atoms with Gasteiger partial charge in [-0.1, -0.05) is 12.1 Å². The van der Waals surface area contributed by atoms with Crippen LogP contribution >= 0.6 is 0 Å². The molecule has 1 aliphatic rings. The molecule has 1 saturated heterocycles. The van der Waals surface area contributed by atoms with E-state index in [2.05, 4.69) is 31.1 Å². The summed E-state index contributed by atoms with van der Waals surface area (Å²) in [5.74, 6) is 1.03. The van der Waals surface area contributed by atoms with Crippen molar-refractivity contribution >= 4 is 39.3 Å². The SMILES string of the molecule is CC(C)NC(=O)c1cc(Nc2ncc3cccc(OC4CCNCC4)c3n2)cc2[nH]ncc12. The van der Waals surface area contributed by atoms with Crippen LogP contribution in [0.1, 0.15) is 37.0 Å². The Morgan fingerprint density at radius 2 is 2.03 bits per heavy atom. The van der Waals surface area contributed by atoms with Gasteiger partial charge in [0.15, 0.2) is 0 Å². The minimum atomic E-state index is -0.155. The minimum absolute atomic E-state index is 0.0262. The third-order valence-corrected chi connectivity index (χ3v) is 5.63. The monoisotopic (exact) mass is 445 g/mol. The summed E-state index contributed by atoms with van der Waals surface area (Å²) in [6, 6.07) is 9.59. The minimum Gasteiger partial charge on any atom is -0.488 e. The molecule has 0 bridgehead atoms. The first-order valence-corrected chi connectivity index (χ1v) is 11.2. The van der Waals surface area contributed by atoms with E-state index in [0.29, 0.717) is 17.2 Å². The molecule has 1 amide bonds. The zero-order chi connectivity index (χ0) is 22.8. The average Bonchev–Trinajstić information content (AvgIpc) is 3.28. The molecule has 0 saturated carbocycles. The van der Waals surface area contributed by atoms with Crippen molar-refractivity contribution in [2.24, 2.45) is 0 Å². The van der Waals surface area contributed by atoms with E-state index in [0.717, 1.165) is 53.5 Å². The van der Waals surface area contributed by atoms with Crippen molar-refractivity contribution in [3.8, 4) is 5.75 Å². The quantitative estimate of drug-likeness (QED) is 0.359. The van der Waals surface area contributed by atoms with Crippen molar-refractivity contribution in [3.05, 3.63) is 48.3 Å². The van der Waals surface area contributed by atoms with Crippen molar-refractivity contribution < 1.29 is 9.53 Å². The summed E-state index contributed by atoms with van der Waals surface area (Å²) in [4.78, 5) is 22.0. The molecule has 5 rings (SSSR count). The average molecular weight is 446 g/mol. The number of aromatic nitrogens is 4. The summed E-state index contributed by atoms with van der Waals surface area (Å²) in [6.07, 6.45) is 5.55. The number of benzene rings is 2. The molecule has 4 N–H and O–H groups in total. The molecule has 3 heterocycles. The van der Waals surface area contributed by atoms with Crippen molar-refractivity contribution in [2.75, 3.05) is 18.4 Å². The van der Waals surface area contributed by atoms with Crippen LogP contribution in [0.15, 0.2) is 42.7 Å². The van der Waals surface area contributed by atoms with Crippen LogP contribution < -0.4 is 20.7 Å². The molecule has 33 heavy (non-hydrogen) atoms. The normalized spacial score (nSPS) is 14.6. The zero-order valence-electron chi connectivity index (χ0n) is 18.7. The highest BCUT2D eigenvalue weighted by Crippen LogP contribution is 2.28. The van der Waals surface area contributed by atoms with E-state index in [4.69, 9.17) is 9.72 Å². The Bertz CT molecular complexity index is 1290. The fraction of sp³-hybridized carbons (Fsp3) is 0.333. The van der Waals surface area contributed by atoms with Crippen molar-refractivity contribution in [3.63, 3.8) is 0 Å². The van der Waals surface area contributed by atoms with E-state index >= 15 is 0 Å². The Kier molecular flexibility index (Phi) is 5.78. The number of carbonyl (C=O) groups excluding carboxylic acids is 1. The molecule has 9 heteroatoms. The summed E-state index contributed by atoms with van der Waals surface area (Å²) >= 11 is 0. The molecule has 2 aromatic heterocycles. The maximum absolute atomic E-state index is 12.7. The molecular weight excluding hydrogens is 418 g/mol. The van der Waals surface area contributed by atoms with Gasteiger partial charge >= 0.3 is 0 Å². The van der Waals surface area contributed by atoms with Crippen LogP contribution in [-0.4, -0.2) is 51.3 Å². The molecule has 1 aliphatic heterocycles. The second-order valence-electron chi connectivity index (χ2n) is 8.56. The first-order chi connectivity index (χ1) is 16.1. The molecule has 9 nitrogen and oxygen atoms in total. The van der Waals surface area contributed by atoms with E-state index in [1.807, 2.05) is 38.1 Å². The topological polar surface area (TPSA) is 117 Å². The Morgan fingerprint density at radius 3 is 2.85 bits per heavy atom. The Hall–Kier alpha value is -3.72. The third-order valence-electron chi connectivity index (χ3n) is 5.63. The molecule has 0 aliphatic carbocycles. The maximum Gasteiger partial charge on any atom is 0.252 e. The van der Waals surface area contributed by atoms with Crippen LogP contribution in [0.25, 0.3) is 21.8 Å². The number of carbonyl (C=O) groups is 1. The molecule has 0 radical (unpaired) electrons. The van der Waals surface area contributed by atoms with E-state index in [1.165, 1.54) is 0 Å². The molecule has 170 valence electrons. The number of anilines is 2. The summed E-state index contributed by atoms with van der Waals surface area (Å²) in [6.45, 7) is 5.78. The number of piperidine rings is 1. The summed E-state index contributed by atoms with van der Waals surface area (Å²) in [5.41, 5.74) is 2.74. The number of hydrogen-bond donors (Lipinski definition) is 4. The van der Waals surface area contributed by atoms with Gasteiger partial charge in [-0.2, -0.15) is 5.10 Å². The Balaban J connectivity index is 1.46. The maximum atomic E-state index is 12.7. The van der Waals surface area contributed by atoms with Crippen LogP contribution in [0.3, 0.4) is 0 Å². The molecular formula is C24H27N7O2.